The third-order valence-corrected chi connectivity index (χ3v) is 5.46. The van der Waals surface area contributed by atoms with Crippen molar-refractivity contribution >= 4 is 11.6 Å². The van der Waals surface area contributed by atoms with Gasteiger partial charge in [0.05, 0.1) is 14.2 Å². The molecule has 0 unspecified atom stereocenters. The maximum atomic E-state index is 13.0. The Hall–Kier alpha value is -3.67. The van der Waals surface area contributed by atoms with Crippen molar-refractivity contribution in [2.75, 3.05) is 32.7 Å². The molecule has 0 saturated carbocycles. The number of phenols is 1. The van der Waals surface area contributed by atoms with Gasteiger partial charge in [0.25, 0.3) is 0 Å². The van der Waals surface area contributed by atoms with Gasteiger partial charge >= 0.3 is 0 Å². The molecular weight excluding hydrogens is 404 g/mol. The van der Waals surface area contributed by atoms with Crippen molar-refractivity contribution in [3.8, 4) is 17.2 Å². The zero-order valence-electron chi connectivity index (χ0n) is 18.7. The first-order valence-corrected chi connectivity index (χ1v) is 10.6. The second-order valence-corrected chi connectivity index (χ2v) is 7.39. The summed E-state index contributed by atoms with van der Waals surface area (Å²) in [6, 6.07) is 22.2. The first-order valence-electron chi connectivity index (χ1n) is 10.6. The predicted octanol–water partition coefficient (Wildman–Crippen LogP) is 4.34. The quantitative estimate of drug-likeness (QED) is 0.497. The second kappa shape index (κ2) is 11.1. The predicted molar refractivity (Wildman–Crippen MR) is 127 cm³/mol. The number of hydrogen-bond acceptors (Lipinski definition) is 5. The van der Waals surface area contributed by atoms with Gasteiger partial charge in [0, 0.05) is 25.3 Å². The third-order valence-electron chi connectivity index (χ3n) is 5.46. The van der Waals surface area contributed by atoms with Gasteiger partial charge in [0.1, 0.15) is 11.8 Å². The first-order chi connectivity index (χ1) is 15.6. The number of likely N-dealkylation sites (N-methyl/N-ethyl adjacent to an activating group) is 1. The van der Waals surface area contributed by atoms with E-state index >= 15 is 0 Å². The highest BCUT2D eigenvalue weighted by Crippen LogP contribution is 2.35. The van der Waals surface area contributed by atoms with Gasteiger partial charge in [0.2, 0.25) is 5.91 Å². The van der Waals surface area contributed by atoms with Gasteiger partial charge < -0.3 is 24.8 Å². The fraction of sp³-hybridized carbons (Fsp3) is 0.269. The topological polar surface area (TPSA) is 71.0 Å². The molecule has 6 heteroatoms. The maximum Gasteiger partial charge on any atom is 0.247 e. The summed E-state index contributed by atoms with van der Waals surface area (Å²) in [6.07, 6.45) is 1.43. The van der Waals surface area contributed by atoms with Crippen molar-refractivity contribution < 1.29 is 19.4 Å². The molecule has 0 aromatic heterocycles. The molecule has 168 valence electrons. The molecule has 1 amide bonds. The molecule has 32 heavy (non-hydrogen) atoms. The molecule has 0 aliphatic rings. The number of benzene rings is 3. The smallest absolute Gasteiger partial charge is 0.247 e. The van der Waals surface area contributed by atoms with Crippen LogP contribution in [0.15, 0.2) is 72.8 Å². The molecule has 0 aliphatic heterocycles. The van der Waals surface area contributed by atoms with Crippen molar-refractivity contribution in [2.24, 2.45) is 0 Å². The lowest BCUT2D eigenvalue weighted by atomic mass is 10.0. The van der Waals surface area contributed by atoms with Crippen LogP contribution in [-0.2, 0) is 11.2 Å². The normalized spacial score (nSPS) is 11.5. The van der Waals surface area contributed by atoms with E-state index in [4.69, 9.17) is 9.47 Å². The molecule has 0 saturated heterocycles. The van der Waals surface area contributed by atoms with E-state index in [-0.39, 0.29) is 11.7 Å². The SMILES string of the molecule is CNC(=O)[C@@H](c1ccccc1)N(CCCc1ccccc1O)c1ccc(OC)c(OC)c1. The van der Waals surface area contributed by atoms with E-state index in [0.29, 0.717) is 24.5 Å². The Morgan fingerprint density at radius 2 is 1.66 bits per heavy atom. The number of carbonyl (C=O) groups excluding carboxylic acids is 1. The number of nitrogens with one attached hydrogen (secondary N) is 1. The lowest BCUT2D eigenvalue weighted by Crippen LogP contribution is -2.40. The van der Waals surface area contributed by atoms with Crippen molar-refractivity contribution in [3.05, 3.63) is 83.9 Å². The Kier molecular flexibility index (Phi) is 7.97. The van der Waals surface area contributed by atoms with Crippen LogP contribution in [-0.4, -0.2) is 38.8 Å². The molecule has 6 nitrogen and oxygen atoms in total. The van der Waals surface area contributed by atoms with E-state index in [2.05, 4.69) is 10.2 Å². The summed E-state index contributed by atoms with van der Waals surface area (Å²) in [4.78, 5) is 15.1. The number of aryl methyl sites for hydroxylation is 1. The van der Waals surface area contributed by atoms with E-state index in [9.17, 15) is 9.90 Å². The van der Waals surface area contributed by atoms with Crippen LogP contribution in [0.4, 0.5) is 5.69 Å². The highest BCUT2D eigenvalue weighted by Gasteiger charge is 2.28. The summed E-state index contributed by atoms with van der Waals surface area (Å²) in [7, 11) is 4.84. The summed E-state index contributed by atoms with van der Waals surface area (Å²) in [5.74, 6) is 1.41. The number of rotatable bonds is 10. The van der Waals surface area contributed by atoms with Gasteiger partial charge in [-0.25, -0.2) is 0 Å². The van der Waals surface area contributed by atoms with Gasteiger partial charge in [-0.1, -0.05) is 48.5 Å². The lowest BCUT2D eigenvalue weighted by Gasteiger charge is -2.33. The highest BCUT2D eigenvalue weighted by atomic mass is 16.5. The largest absolute Gasteiger partial charge is 0.508 e. The van der Waals surface area contributed by atoms with E-state index < -0.39 is 6.04 Å². The minimum absolute atomic E-state index is 0.103. The molecular formula is C26H30N2O4. The fourth-order valence-electron chi connectivity index (χ4n) is 3.82. The molecule has 0 heterocycles. The summed E-state index contributed by atoms with van der Waals surface area (Å²) in [5, 5.41) is 12.9. The van der Waals surface area contributed by atoms with Crippen LogP contribution in [0, 0.1) is 0 Å². The zero-order chi connectivity index (χ0) is 22.9. The molecule has 2 N–H and O–H groups in total. The minimum atomic E-state index is -0.524. The molecule has 3 rings (SSSR count). The molecule has 0 aliphatic carbocycles. The average Bonchev–Trinajstić information content (AvgIpc) is 2.84. The number of phenolic OH excluding ortho intramolecular Hbond substituents is 1. The van der Waals surface area contributed by atoms with Crippen LogP contribution in [0.3, 0.4) is 0 Å². The number of aromatic hydroxyl groups is 1. The molecule has 0 fully saturated rings. The third kappa shape index (κ3) is 5.32. The van der Waals surface area contributed by atoms with Crippen LogP contribution in [0.25, 0.3) is 0 Å². The zero-order valence-corrected chi connectivity index (χ0v) is 18.7. The van der Waals surface area contributed by atoms with Gasteiger partial charge in [-0.3, -0.25) is 4.79 Å². The number of hydrogen-bond donors (Lipinski definition) is 2. The second-order valence-electron chi connectivity index (χ2n) is 7.39. The minimum Gasteiger partial charge on any atom is -0.508 e. The standard InChI is InChI=1S/C26H30N2O4/c1-27-26(30)25(20-11-5-4-6-12-20)28(17-9-13-19-10-7-8-14-22(19)29)21-15-16-23(31-2)24(18-21)32-3/h4-8,10-12,14-16,18,25,29H,9,13,17H2,1-3H3,(H,27,30)/t25-/m1/s1. The Morgan fingerprint density at radius 1 is 0.969 bits per heavy atom. The molecule has 0 radical (unpaired) electrons. The Labute approximate surface area is 189 Å². The van der Waals surface area contributed by atoms with Gasteiger partial charge in [-0.05, 0) is 42.2 Å². The van der Waals surface area contributed by atoms with Crippen LogP contribution in [0.1, 0.15) is 23.6 Å². The fourth-order valence-corrected chi connectivity index (χ4v) is 3.82. The van der Waals surface area contributed by atoms with Gasteiger partial charge in [-0.15, -0.1) is 0 Å². The van der Waals surface area contributed by atoms with Gasteiger partial charge in [0.15, 0.2) is 11.5 Å². The van der Waals surface area contributed by atoms with Crippen LogP contribution < -0.4 is 19.7 Å². The van der Waals surface area contributed by atoms with Crippen molar-refractivity contribution in [1.29, 1.82) is 0 Å². The average molecular weight is 435 g/mol. The molecule has 3 aromatic rings. The van der Waals surface area contributed by atoms with Crippen LogP contribution in [0.2, 0.25) is 0 Å². The Balaban J connectivity index is 1.97. The number of carbonyl (C=O) groups is 1. The Morgan fingerprint density at radius 3 is 2.31 bits per heavy atom. The summed E-state index contributed by atoms with van der Waals surface area (Å²) in [6.45, 7) is 0.594. The lowest BCUT2D eigenvalue weighted by molar-refractivity contribution is -0.122. The first kappa shape index (κ1) is 23.0. The van der Waals surface area contributed by atoms with Crippen molar-refractivity contribution in [3.63, 3.8) is 0 Å². The summed E-state index contributed by atoms with van der Waals surface area (Å²) >= 11 is 0. The maximum absolute atomic E-state index is 13.0. The molecule has 1 atom stereocenters. The summed E-state index contributed by atoms with van der Waals surface area (Å²) < 4.78 is 10.9. The molecule has 0 spiro atoms. The monoisotopic (exact) mass is 434 g/mol. The number of amides is 1. The van der Waals surface area contributed by atoms with Crippen LogP contribution in [0.5, 0.6) is 17.2 Å². The van der Waals surface area contributed by atoms with Crippen molar-refractivity contribution in [1.82, 2.24) is 5.32 Å². The molecule has 3 aromatic carbocycles. The number of para-hydroxylation sites is 1. The highest BCUT2D eigenvalue weighted by molar-refractivity contribution is 5.86. The van der Waals surface area contributed by atoms with Crippen LogP contribution >= 0.6 is 0 Å². The van der Waals surface area contributed by atoms with E-state index in [1.165, 1.54) is 0 Å². The molecule has 0 bridgehead atoms. The number of anilines is 1. The van der Waals surface area contributed by atoms with E-state index in [1.807, 2.05) is 66.7 Å². The van der Waals surface area contributed by atoms with E-state index in [1.54, 1.807) is 27.3 Å². The summed E-state index contributed by atoms with van der Waals surface area (Å²) in [5.41, 5.74) is 2.62. The van der Waals surface area contributed by atoms with Gasteiger partial charge in [-0.2, -0.15) is 0 Å². The number of nitrogens with zero attached hydrogens (tertiary/aromatic N) is 1. The Bertz CT molecular complexity index is 1020. The van der Waals surface area contributed by atoms with E-state index in [0.717, 1.165) is 23.2 Å². The number of ether oxygens (including phenoxy) is 2. The van der Waals surface area contributed by atoms with Crippen molar-refractivity contribution in [2.45, 2.75) is 18.9 Å². The number of methoxy groups -OCH3 is 2.